The monoisotopic (exact) mass is 381 g/mol. The first-order chi connectivity index (χ1) is 13.6. The standard InChI is InChI=1S/C21H27N5O2/c1-15-2-4-16(5-3-15)20(28)25-11-7-17(8-12-25)23-21-22-10-6-19(24-21)26-13-9-18(27)14-26/h2-6,10,17-18,27H,7-9,11-14H2,1H3,(H,22,23,24). The molecule has 0 aliphatic carbocycles. The Morgan fingerprint density at radius 2 is 1.86 bits per heavy atom. The van der Waals surface area contributed by atoms with Gasteiger partial charge in [0, 0.05) is 44.0 Å². The van der Waals surface area contributed by atoms with E-state index in [1.165, 1.54) is 0 Å². The molecule has 2 saturated heterocycles. The number of aliphatic hydroxyl groups is 1. The molecule has 3 heterocycles. The minimum atomic E-state index is -0.276. The molecule has 0 bridgehead atoms. The molecule has 2 aromatic rings. The molecular formula is C21H27N5O2. The van der Waals surface area contributed by atoms with E-state index in [1.54, 1.807) is 6.20 Å². The third-order valence-corrected chi connectivity index (χ3v) is 5.54. The number of anilines is 2. The summed E-state index contributed by atoms with van der Waals surface area (Å²) in [5.74, 6) is 1.56. The number of aliphatic hydroxyl groups excluding tert-OH is 1. The fraction of sp³-hybridized carbons (Fsp3) is 0.476. The van der Waals surface area contributed by atoms with Crippen LogP contribution in [-0.2, 0) is 0 Å². The number of likely N-dealkylation sites (tertiary alicyclic amines) is 1. The third-order valence-electron chi connectivity index (χ3n) is 5.54. The van der Waals surface area contributed by atoms with Crippen LogP contribution in [-0.4, -0.2) is 64.2 Å². The van der Waals surface area contributed by atoms with E-state index in [0.29, 0.717) is 12.5 Å². The summed E-state index contributed by atoms with van der Waals surface area (Å²) < 4.78 is 0. The normalized spacial score (nSPS) is 20.4. The second-order valence-electron chi connectivity index (χ2n) is 7.70. The molecule has 1 atom stereocenters. The lowest BCUT2D eigenvalue weighted by molar-refractivity contribution is 0.0718. The molecule has 7 heteroatoms. The third kappa shape index (κ3) is 4.25. The van der Waals surface area contributed by atoms with E-state index in [-0.39, 0.29) is 18.1 Å². The van der Waals surface area contributed by atoms with E-state index < -0.39 is 0 Å². The summed E-state index contributed by atoms with van der Waals surface area (Å²) in [6, 6.07) is 9.89. The quantitative estimate of drug-likeness (QED) is 0.844. The molecule has 2 aliphatic rings. The van der Waals surface area contributed by atoms with Crippen LogP contribution in [0.15, 0.2) is 36.5 Å². The molecule has 2 aliphatic heterocycles. The Morgan fingerprint density at radius 1 is 1.11 bits per heavy atom. The lowest BCUT2D eigenvalue weighted by Crippen LogP contribution is -2.42. The van der Waals surface area contributed by atoms with Crippen LogP contribution in [0.1, 0.15) is 35.2 Å². The molecule has 2 fully saturated rings. The van der Waals surface area contributed by atoms with Crippen molar-refractivity contribution >= 4 is 17.7 Å². The number of hydrogen-bond donors (Lipinski definition) is 2. The highest BCUT2D eigenvalue weighted by molar-refractivity contribution is 5.94. The lowest BCUT2D eigenvalue weighted by Gasteiger charge is -2.32. The van der Waals surface area contributed by atoms with E-state index in [2.05, 4.69) is 20.2 Å². The van der Waals surface area contributed by atoms with Crippen LogP contribution in [0, 0.1) is 6.92 Å². The van der Waals surface area contributed by atoms with Crippen molar-refractivity contribution < 1.29 is 9.90 Å². The number of aromatic nitrogens is 2. The van der Waals surface area contributed by atoms with Crippen LogP contribution in [0.25, 0.3) is 0 Å². The van der Waals surface area contributed by atoms with E-state index in [0.717, 1.165) is 55.8 Å². The minimum absolute atomic E-state index is 0.101. The molecule has 0 spiro atoms. The van der Waals surface area contributed by atoms with E-state index in [1.807, 2.05) is 42.2 Å². The van der Waals surface area contributed by atoms with Crippen molar-refractivity contribution in [3.05, 3.63) is 47.7 Å². The van der Waals surface area contributed by atoms with Gasteiger partial charge >= 0.3 is 0 Å². The van der Waals surface area contributed by atoms with Crippen molar-refractivity contribution in [1.29, 1.82) is 0 Å². The van der Waals surface area contributed by atoms with Crippen molar-refractivity contribution in [3.63, 3.8) is 0 Å². The van der Waals surface area contributed by atoms with Crippen molar-refractivity contribution in [2.24, 2.45) is 0 Å². The molecule has 2 N–H and O–H groups in total. The van der Waals surface area contributed by atoms with Crippen molar-refractivity contribution in [3.8, 4) is 0 Å². The maximum atomic E-state index is 12.6. The molecule has 148 valence electrons. The zero-order valence-electron chi connectivity index (χ0n) is 16.2. The maximum absolute atomic E-state index is 12.6. The van der Waals surface area contributed by atoms with E-state index >= 15 is 0 Å². The van der Waals surface area contributed by atoms with Gasteiger partial charge < -0.3 is 20.2 Å². The van der Waals surface area contributed by atoms with Crippen LogP contribution < -0.4 is 10.2 Å². The molecular weight excluding hydrogens is 354 g/mol. The van der Waals surface area contributed by atoms with Crippen molar-refractivity contribution in [1.82, 2.24) is 14.9 Å². The molecule has 1 amide bonds. The number of amides is 1. The van der Waals surface area contributed by atoms with Crippen molar-refractivity contribution in [2.75, 3.05) is 36.4 Å². The number of carbonyl (C=O) groups is 1. The number of aryl methyl sites for hydroxylation is 1. The van der Waals surface area contributed by atoms with Gasteiger partial charge in [0.1, 0.15) is 5.82 Å². The van der Waals surface area contributed by atoms with Gasteiger partial charge in [-0.1, -0.05) is 17.7 Å². The number of rotatable bonds is 4. The van der Waals surface area contributed by atoms with Gasteiger partial charge in [0.05, 0.1) is 6.10 Å². The first-order valence-corrected chi connectivity index (χ1v) is 9.97. The number of nitrogens with zero attached hydrogens (tertiary/aromatic N) is 4. The van der Waals surface area contributed by atoms with Gasteiger partial charge in [0.2, 0.25) is 5.95 Å². The van der Waals surface area contributed by atoms with Crippen molar-refractivity contribution in [2.45, 2.75) is 38.3 Å². The summed E-state index contributed by atoms with van der Waals surface area (Å²) in [6.45, 7) is 4.91. The zero-order valence-corrected chi connectivity index (χ0v) is 16.2. The van der Waals surface area contributed by atoms with E-state index in [9.17, 15) is 9.90 Å². The highest BCUT2D eigenvalue weighted by Crippen LogP contribution is 2.21. The van der Waals surface area contributed by atoms with Crippen LogP contribution in [0.4, 0.5) is 11.8 Å². The summed E-state index contributed by atoms with van der Waals surface area (Å²) in [7, 11) is 0. The fourth-order valence-electron chi connectivity index (χ4n) is 3.83. The maximum Gasteiger partial charge on any atom is 0.253 e. The second-order valence-corrected chi connectivity index (χ2v) is 7.70. The number of carbonyl (C=O) groups excluding carboxylic acids is 1. The smallest absolute Gasteiger partial charge is 0.253 e. The van der Waals surface area contributed by atoms with Crippen LogP contribution in [0.3, 0.4) is 0 Å². The van der Waals surface area contributed by atoms with Gasteiger partial charge in [-0.3, -0.25) is 4.79 Å². The van der Waals surface area contributed by atoms with Gasteiger partial charge in [0.15, 0.2) is 0 Å². The second kappa shape index (κ2) is 8.14. The van der Waals surface area contributed by atoms with Gasteiger partial charge in [-0.2, -0.15) is 4.98 Å². The van der Waals surface area contributed by atoms with E-state index in [4.69, 9.17) is 0 Å². The van der Waals surface area contributed by atoms with Gasteiger partial charge in [-0.15, -0.1) is 0 Å². The largest absolute Gasteiger partial charge is 0.391 e. The first kappa shape index (κ1) is 18.7. The summed E-state index contributed by atoms with van der Waals surface area (Å²) in [4.78, 5) is 25.6. The number of hydrogen-bond acceptors (Lipinski definition) is 6. The topological polar surface area (TPSA) is 81.6 Å². The van der Waals surface area contributed by atoms with Crippen LogP contribution in [0.2, 0.25) is 0 Å². The Hall–Kier alpha value is -2.67. The summed E-state index contributed by atoms with van der Waals surface area (Å²) in [6.07, 6.45) is 3.99. The number of β-amino-alcohol motifs (C(OH)–C–C–N with tert-alkyl or cyclic N) is 1. The molecule has 28 heavy (non-hydrogen) atoms. The predicted octanol–water partition coefficient (Wildman–Crippen LogP) is 2.07. The lowest BCUT2D eigenvalue weighted by atomic mass is 10.0. The van der Waals surface area contributed by atoms with Crippen LogP contribution >= 0.6 is 0 Å². The Balaban J connectivity index is 1.32. The Labute approximate surface area is 165 Å². The first-order valence-electron chi connectivity index (χ1n) is 9.97. The average Bonchev–Trinajstić information content (AvgIpc) is 3.15. The molecule has 7 nitrogen and oxygen atoms in total. The van der Waals surface area contributed by atoms with Gasteiger partial charge in [-0.25, -0.2) is 4.98 Å². The fourth-order valence-corrected chi connectivity index (χ4v) is 3.83. The van der Waals surface area contributed by atoms with Crippen LogP contribution in [0.5, 0.6) is 0 Å². The SMILES string of the molecule is Cc1ccc(C(=O)N2CCC(Nc3nccc(N4CCC(O)C4)n3)CC2)cc1. The predicted molar refractivity (Wildman–Crippen MR) is 109 cm³/mol. The summed E-state index contributed by atoms with van der Waals surface area (Å²) >= 11 is 0. The number of benzene rings is 1. The zero-order chi connectivity index (χ0) is 19.5. The molecule has 0 radical (unpaired) electrons. The molecule has 4 rings (SSSR count). The molecule has 1 aromatic heterocycles. The minimum Gasteiger partial charge on any atom is -0.391 e. The van der Waals surface area contributed by atoms with Gasteiger partial charge in [0.25, 0.3) is 5.91 Å². The molecule has 1 aromatic carbocycles. The number of piperidine rings is 1. The highest BCUT2D eigenvalue weighted by atomic mass is 16.3. The Kier molecular flexibility index (Phi) is 5.43. The average molecular weight is 381 g/mol. The van der Waals surface area contributed by atoms with Gasteiger partial charge in [-0.05, 0) is 44.4 Å². The highest BCUT2D eigenvalue weighted by Gasteiger charge is 2.25. The summed E-state index contributed by atoms with van der Waals surface area (Å²) in [5.41, 5.74) is 1.91. The number of nitrogens with one attached hydrogen (secondary N) is 1. The molecule has 0 saturated carbocycles. The summed E-state index contributed by atoms with van der Waals surface area (Å²) in [5, 5.41) is 13.1. The Morgan fingerprint density at radius 3 is 2.54 bits per heavy atom. The molecule has 1 unspecified atom stereocenters. The Bertz CT molecular complexity index is 818.